The van der Waals surface area contributed by atoms with Crippen molar-refractivity contribution in [2.24, 2.45) is 0 Å². The summed E-state index contributed by atoms with van der Waals surface area (Å²) in [7, 11) is -3.90. The molecule has 5 aromatic rings. The van der Waals surface area contributed by atoms with Crippen molar-refractivity contribution < 1.29 is 22.3 Å². The molecule has 4 aromatic heterocycles. The second kappa shape index (κ2) is 9.05. The molecule has 5 heterocycles. The van der Waals surface area contributed by atoms with Crippen molar-refractivity contribution in [1.29, 1.82) is 0 Å². The molecule has 0 spiro atoms. The lowest BCUT2D eigenvalue weighted by Crippen LogP contribution is -2.42. The van der Waals surface area contributed by atoms with Crippen LogP contribution in [0.1, 0.15) is 37.1 Å². The maximum atomic E-state index is 15.7. The van der Waals surface area contributed by atoms with Crippen LogP contribution in [0.2, 0.25) is 0 Å². The number of benzene rings is 1. The third-order valence-electron chi connectivity index (χ3n) is 6.82. The fourth-order valence-electron chi connectivity index (χ4n) is 5.13. The van der Waals surface area contributed by atoms with E-state index in [1.165, 1.54) is 30.9 Å². The molecule has 10 nitrogen and oxygen atoms in total. The van der Waals surface area contributed by atoms with Gasteiger partial charge in [-0.25, -0.2) is 31.7 Å². The molecule has 0 saturated carbocycles. The van der Waals surface area contributed by atoms with Crippen molar-refractivity contribution in [3.8, 4) is 0 Å². The van der Waals surface area contributed by atoms with E-state index in [2.05, 4.69) is 15.0 Å². The van der Waals surface area contributed by atoms with Gasteiger partial charge in [0.2, 0.25) is 0 Å². The van der Waals surface area contributed by atoms with Crippen molar-refractivity contribution in [2.75, 3.05) is 13.1 Å². The lowest BCUT2D eigenvalue weighted by molar-refractivity contribution is 0.0761. The molecular weight excluding hydrogens is 499 g/mol. The fraction of sp³-hybridized carbons (Fsp3) is 0.320. The number of pyridine rings is 1. The Morgan fingerprint density at radius 3 is 2.73 bits per heavy atom. The number of hydrogen-bond donors (Lipinski definition) is 1. The summed E-state index contributed by atoms with van der Waals surface area (Å²) >= 11 is 0. The Bertz CT molecular complexity index is 1660. The van der Waals surface area contributed by atoms with Crippen LogP contribution in [0, 0.1) is 0 Å². The average Bonchev–Trinajstić information content (AvgIpc) is 3.63. The van der Waals surface area contributed by atoms with Crippen LogP contribution in [-0.4, -0.2) is 61.2 Å². The number of halogens is 1. The third kappa shape index (κ3) is 4.01. The Kier molecular flexibility index (Phi) is 5.81. The standard InChI is InChI=1S/C25H25FN6O4S/c1-16(33)24-29-21-12-28-25-19(7-10-31(25)37(34,35)18-5-3-2-4-6-18)23(21)32(24)22-8-9-30(14-20(22)26)13-17-11-27-15-36-17/h2-7,10-12,15-16,20,22,33H,8-9,13-14H2,1H3/t16?,20-,22?/m1/s1. The zero-order valence-corrected chi connectivity index (χ0v) is 20.8. The molecule has 1 aliphatic heterocycles. The number of aromatic nitrogens is 5. The average molecular weight is 525 g/mol. The van der Waals surface area contributed by atoms with Gasteiger partial charge in [0.25, 0.3) is 10.0 Å². The normalized spacial score (nSPS) is 20.1. The first kappa shape index (κ1) is 23.8. The molecule has 192 valence electrons. The van der Waals surface area contributed by atoms with Crippen molar-refractivity contribution in [2.45, 2.75) is 43.1 Å². The maximum absolute atomic E-state index is 15.7. The Labute approximate surface area is 212 Å². The molecule has 1 N–H and O–H groups in total. The first-order chi connectivity index (χ1) is 17.8. The largest absolute Gasteiger partial charge is 0.447 e. The second-order valence-corrected chi connectivity index (χ2v) is 11.1. The van der Waals surface area contributed by atoms with Gasteiger partial charge in [0.1, 0.15) is 29.4 Å². The van der Waals surface area contributed by atoms with Crippen LogP contribution in [0.15, 0.2) is 70.7 Å². The molecule has 3 atom stereocenters. The highest BCUT2D eigenvalue weighted by Crippen LogP contribution is 2.36. The van der Waals surface area contributed by atoms with E-state index < -0.39 is 28.3 Å². The quantitative estimate of drug-likeness (QED) is 0.359. The summed E-state index contributed by atoms with van der Waals surface area (Å²) in [6.45, 7) is 2.80. The molecule has 0 aliphatic carbocycles. The predicted octanol–water partition coefficient (Wildman–Crippen LogP) is 3.45. The highest BCUT2D eigenvalue weighted by Gasteiger charge is 2.35. The zero-order valence-electron chi connectivity index (χ0n) is 20.0. The number of likely N-dealkylation sites (tertiary alicyclic amines) is 1. The number of alkyl halides is 1. The number of rotatable bonds is 6. The van der Waals surface area contributed by atoms with E-state index in [0.717, 1.165) is 3.97 Å². The van der Waals surface area contributed by atoms with Crippen LogP contribution in [0.4, 0.5) is 4.39 Å². The summed E-state index contributed by atoms with van der Waals surface area (Å²) in [5.74, 6) is 0.983. The van der Waals surface area contributed by atoms with Gasteiger partial charge in [-0.1, -0.05) is 18.2 Å². The topological polar surface area (TPSA) is 119 Å². The smallest absolute Gasteiger partial charge is 0.269 e. The summed E-state index contributed by atoms with van der Waals surface area (Å²) < 4.78 is 50.6. The minimum Gasteiger partial charge on any atom is -0.447 e. The molecule has 37 heavy (non-hydrogen) atoms. The molecule has 2 unspecified atom stereocenters. The van der Waals surface area contributed by atoms with Gasteiger partial charge in [0.15, 0.2) is 12.0 Å². The zero-order chi connectivity index (χ0) is 25.7. The number of aliphatic hydroxyl groups excluding tert-OH is 1. The molecule has 1 aliphatic rings. The van der Waals surface area contributed by atoms with Crippen LogP contribution < -0.4 is 0 Å². The Morgan fingerprint density at radius 2 is 2.03 bits per heavy atom. The highest BCUT2D eigenvalue weighted by atomic mass is 32.2. The summed E-state index contributed by atoms with van der Waals surface area (Å²) in [5.41, 5.74) is 1.24. The van der Waals surface area contributed by atoms with Gasteiger partial charge < -0.3 is 14.1 Å². The number of fused-ring (bicyclic) bond motifs is 3. The molecule has 0 radical (unpaired) electrons. The van der Waals surface area contributed by atoms with Gasteiger partial charge in [0, 0.05) is 24.7 Å². The van der Waals surface area contributed by atoms with Crippen LogP contribution in [0.25, 0.3) is 22.1 Å². The molecule has 1 aromatic carbocycles. The number of piperidine rings is 1. The first-order valence-corrected chi connectivity index (χ1v) is 13.4. The lowest BCUT2D eigenvalue weighted by atomic mass is 10.0. The molecular formula is C25H25FN6O4S. The molecule has 0 amide bonds. The van der Waals surface area contributed by atoms with Gasteiger partial charge in [0.05, 0.1) is 35.4 Å². The van der Waals surface area contributed by atoms with Gasteiger partial charge in [-0.2, -0.15) is 0 Å². The SMILES string of the molecule is CC(O)c1nc2cnc3c(ccn3S(=O)(=O)c3ccccc3)c2n1C1CCN(Cc2cnco2)C[C@H]1F. The van der Waals surface area contributed by atoms with Gasteiger partial charge in [-0.3, -0.25) is 4.90 Å². The number of hydrogen-bond acceptors (Lipinski definition) is 8. The maximum Gasteiger partial charge on any atom is 0.269 e. The van der Waals surface area contributed by atoms with Crippen molar-refractivity contribution >= 4 is 32.1 Å². The Balaban J connectivity index is 1.44. The monoisotopic (exact) mass is 524 g/mol. The van der Waals surface area contributed by atoms with E-state index >= 15 is 4.39 Å². The van der Waals surface area contributed by atoms with E-state index in [1.54, 1.807) is 42.0 Å². The van der Waals surface area contributed by atoms with Gasteiger partial charge in [-0.15, -0.1) is 0 Å². The van der Waals surface area contributed by atoms with Crippen LogP contribution in [-0.2, 0) is 16.6 Å². The summed E-state index contributed by atoms with van der Waals surface area (Å²) in [4.78, 5) is 15.0. The van der Waals surface area contributed by atoms with Crippen molar-refractivity contribution in [3.63, 3.8) is 0 Å². The van der Waals surface area contributed by atoms with Crippen LogP contribution in [0.3, 0.4) is 0 Å². The van der Waals surface area contributed by atoms with Crippen LogP contribution >= 0.6 is 0 Å². The van der Waals surface area contributed by atoms with Crippen LogP contribution in [0.5, 0.6) is 0 Å². The third-order valence-corrected chi connectivity index (χ3v) is 8.50. The lowest BCUT2D eigenvalue weighted by Gasteiger charge is -2.36. The highest BCUT2D eigenvalue weighted by molar-refractivity contribution is 7.90. The minimum absolute atomic E-state index is 0.135. The molecule has 0 bridgehead atoms. The van der Waals surface area contributed by atoms with E-state index in [4.69, 9.17) is 4.42 Å². The summed E-state index contributed by atoms with van der Waals surface area (Å²) in [5, 5.41) is 11.1. The van der Waals surface area contributed by atoms with Gasteiger partial charge >= 0.3 is 0 Å². The molecule has 6 rings (SSSR count). The predicted molar refractivity (Wildman–Crippen MR) is 133 cm³/mol. The number of imidazole rings is 1. The number of oxazole rings is 1. The second-order valence-electron chi connectivity index (χ2n) is 9.25. The van der Waals surface area contributed by atoms with E-state index in [9.17, 15) is 13.5 Å². The Morgan fingerprint density at radius 1 is 1.22 bits per heavy atom. The van der Waals surface area contributed by atoms with Gasteiger partial charge in [-0.05, 0) is 31.5 Å². The Hall–Kier alpha value is -3.61. The number of aliphatic hydroxyl groups is 1. The fourth-order valence-corrected chi connectivity index (χ4v) is 6.45. The van der Waals surface area contributed by atoms with Crippen molar-refractivity contribution in [1.82, 2.24) is 28.4 Å². The molecule has 1 fully saturated rings. The van der Waals surface area contributed by atoms with E-state index in [0.29, 0.717) is 47.5 Å². The minimum atomic E-state index is -3.90. The molecule has 1 saturated heterocycles. The summed E-state index contributed by atoms with van der Waals surface area (Å²) in [6.07, 6.45) is 4.14. The van der Waals surface area contributed by atoms with E-state index in [1.807, 2.05) is 4.90 Å². The molecule has 12 heteroatoms. The first-order valence-electron chi connectivity index (χ1n) is 11.9. The van der Waals surface area contributed by atoms with E-state index in [-0.39, 0.29) is 17.1 Å². The van der Waals surface area contributed by atoms with Crippen molar-refractivity contribution in [3.05, 3.63) is 73.0 Å². The number of nitrogens with zero attached hydrogens (tertiary/aromatic N) is 6. The summed E-state index contributed by atoms with van der Waals surface area (Å²) in [6, 6.07) is 9.16.